The molecule has 0 N–H and O–H groups in total. The maximum Gasteiger partial charge on any atom is 0.410 e. The Morgan fingerprint density at radius 3 is 2.19 bits per heavy atom. The molecule has 0 aliphatic carbocycles. The van der Waals surface area contributed by atoms with Crippen molar-refractivity contribution < 1.29 is 9.53 Å². The van der Waals surface area contributed by atoms with E-state index in [9.17, 15) is 4.79 Å². The van der Waals surface area contributed by atoms with Gasteiger partial charge in [0.25, 0.3) is 0 Å². The summed E-state index contributed by atoms with van der Waals surface area (Å²) in [6, 6.07) is 9.14. The summed E-state index contributed by atoms with van der Waals surface area (Å²) in [6.07, 6.45) is 8.53. The number of thiazole rings is 1. The summed E-state index contributed by atoms with van der Waals surface area (Å²) in [4.78, 5) is 21.1. The number of amides is 1. The molecule has 2 aromatic rings. The molecule has 6 heteroatoms. The Kier molecular flexibility index (Phi) is 7.39. The number of anilines is 1. The Bertz CT molecular complexity index is 844. The summed E-state index contributed by atoms with van der Waals surface area (Å²) in [5, 5.41) is 3.26. The minimum atomic E-state index is -0.416. The van der Waals surface area contributed by atoms with Gasteiger partial charge in [-0.15, -0.1) is 11.3 Å². The molecule has 2 aliphatic heterocycles. The van der Waals surface area contributed by atoms with Crippen LogP contribution in [0.3, 0.4) is 0 Å². The molecule has 1 aromatic heterocycles. The van der Waals surface area contributed by atoms with Gasteiger partial charge in [0.1, 0.15) is 5.60 Å². The molecule has 3 heterocycles. The van der Waals surface area contributed by atoms with Gasteiger partial charge < -0.3 is 14.5 Å². The first kappa shape index (κ1) is 23.1. The molecule has 32 heavy (non-hydrogen) atoms. The number of hydrogen-bond donors (Lipinski definition) is 0. The van der Waals surface area contributed by atoms with Crippen LogP contribution in [0.1, 0.15) is 57.0 Å². The van der Waals surface area contributed by atoms with Gasteiger partial charge in [-0.25, -0.2) is 9.78 Å². The molecule has 0 spiro atoms. The number of hydrogen-bond acceptors (Lipinski definition) is 5. The van der Waals surface area contributed by atoms with E-state index in [0.717, 1.165) is 63.7 Å². The zero-order valence-corrected chi connectivity index (χ0v) is 20.6. The van der Waals surface area contributed by atoms with E-state index in [1.54, 1.807) is 11.3 Å². The highest BCUT2D eigenvalue weighted by molar-refractivity contribution is 7.09. The maximum atomic E-state index is 12.3. The number of ether oxygens (including phenoxy) is 1. The standard InChI is InChI=1S/C26H37N3O2S/c1-26(2,3)31-25(30)29-17-12-22(13-18-29)21-10-15-28(16-11-21)23-7-4-20(5-8-23)6-9-24-27-14-19-32-24/h4-5,7-8,14,19,21-22H,6,9-13,15-18H2,1-3H3. The molecule has 0 saturated carbocycles. The number of carbonyl (C=O) groups excluding carboxylic acids is 1. The molecule has 2 fully saturated rings. The van der Waals surface area contributed by atoms with Crippen molar-refractivity contribution in [3.05, 3.63) is 46.4 Å². The molecular formula is C26H37N3O2S. The van der Waals surface area contributed by atoms with Crippen molar-refractivity contribution in [2.45, 2.75) is 64.9 Å². The van der Waals surface area contributed by atoms with Crippen molar-refractivity contribution in [1.29, 1.82) is 0 Å². The molecular weight excluding hydrogens is 418 g/mol. The first-order chi connectivity index (χ1) is 15.4. The minimum Gasteiger partial charge on any atom is -0.444 e. The van der Waals surface area contributed by atoms with Crippen molar-refractivity contribution in [1.82, 2.24) is 9.88 Å². The van der Waals surface area contributed by atoms with E-state index in [1.165, 1.54) is 29.1 Å². The molecule has 0 bridgehead atoms. The van der Waals surface area contributed by atoms with Gasteiger partial charge >= 0.3 is 6.09 Å². The number of likely N-dealkylation sites (tertiary alicyclic amines) is 1. The zero-order chi connectivity index (χ0) is 22.6. The molecule has 4 rings (SSSR count). The zero-order valence-electron chi connectivity index (χ0n) is 19.8. The average molecular weight is 456 g/mol. The van der Waals surface area contributed by atoms with Crippen LogP contribution in [-0.4, -0.2) is 47.8 Å². The second-order valence-corrected chi connectivity index (χ2v) is 11.2. The van der Waals surface area contributed by atoms with Crippen molar-refractivity contribution in [3.8, 4) is 0 Å². The minimum absolute atomic E-state index is 0.152. The lowest BCUT2D eigenvalue weighted by Crippen LogP contribution is -2.44. The number of aryl methyl sites for hydroxylation is 2. The fourth-order valence-electron chi connectivity index (χ4n) is 5.01. The van der Waals surface area contributed by atoms with Crippen molar-refractivity contribution in [2.75, 3.05) is 31.1 Å². The van der Waals surface area contributed by atoms with Gasteiger partial charge in [-0.3, -0.25) is 0 Å². The van der Waals surface area contributed by atoms with Gasteiger partial charge in [-0.05, 0) is 82.4 Å². The third kappa shape index (κ3) is 6.25. The van der Waals surface area contributed by atoms with Crippen molar-refractivity contribution in [3.63, 3.8) is 0 Å². The van der Waals surface area contributed by atoms with Gasteiger partial charge in [-0.2, -0.15) is 0 Å². The Morgan fingerprint density at radius 1 is 1.00 bits per heavy atom. The average Bonchev–Trinajstić information content (AvgIpc) is 3.31. The van der Waals surface area contributed by atoms with Crippen LogP contribution >= 0.6 is 11.3 Å². The summed E-state index contributed by atoms with van der Waals surface area (Å²) >= 11 is 1.74. The monoisotopic (exact) mass is 455 g/mol. The lowest BCUT2D eigenvalue weighted by Gasteiger charge is -2.41. The number of piperidine rings is 2. The van der Waals surface area contributed by atoms with Crippen molar-refractivity contribution >= 4 is 23.1 Å². The Morgan fingerprint density at radius 2 is 1.62 bits per heavy atom. The quantitative estimate of drug-likeness (QED) is 0.572. The van der Waals surface area contributed by atoms with Crippen LogP contribution in [-0.2, 0) is 17.6 Å². The van der Waals surface area contributed by atoms with Crippen molar-refractivity contribution in [2.24, 2.45) is 11.8 Å². The summed E-state index contributed by atoms with van der Waals surface area (Å²) in [5.74, 6) is 1.52. The van der Waals surface area contributed by atoms with E-state index in [-0.39, 0.29) is 6.09 Å². The first-order valence-electron chi connectivity index (χ1n) is 12.1. The van der Waals surface area contributed by atoms with E-state index >= 15 is 0 Å². The molecule has 2 saturated heterocycles. The topological polar surface area (TPSA) is 45.7 Å². The summed E-state index contributed by atoms with van der Waals surface area (Å²) in [5.41, 5.74) is 2.32. The van der Waals surface area contributed by atoms with Gasteiger partial charge in [0.05, 0.1) is 5.01 Å². The largest absolute Gasteiger partial charge is 0.444 e. The van der Waals surface area contributed by atoms with Crippen LogP contribution < -0.4 is 4.90 Å². The number of carbonyl (C=O) groups is 1. The normalized spacial score (nSPS) is 18.7. The predicted octanol–water partition coefficient (Wildman–Crippen LogP) is 5.79. The Labute approximate surface area is 196 Å². The van der Waals surface area contributed by atoms with E-state index < -0.39 is 5.60 Å². The maximum absolute atomic E-state index is 12.3. The second-order valence-electron chi connectivity index (χ2n) is 10.2. The smallest absolute Gasteiger partial charge is 0.410 e. The van der Waals surface area contributed by atoms with Crippen LogP contribution in [0.4, 0.5) is 10.5 Å². The molecule has 174 valence electrons. The SMILES string of the molecule is CC(C)(C)OC(=O)N1CCC(C2CCN(c3ccc(CCc4nccs4)cc3)CC2)CC1. The lowest BCUT2D eigenvalue weighted by molar-refractivity contribution is 0.0152. The predicted molar refractivity (Wildman–Crippen MR) is 131 cm³/mol. The Balaban J connectivity index is 1.20. The highest BCUT2D eigenvalue weighted by Gasteiger charge is 2.32. The fourth-order valence-corrected chi connectivity index (χ4v) is 5.63. The van der Waals surface area contributed by atoms with E-state index in [2.05, 4.69) is 34.1 Å². The molecule has 0 radical (unpaired) electrons. The number of benzene rings is 1. The summed E-state index contributed by atoms with van der Waals surface area (Å²) < 4.78 is 5.54. The Hall–Kier alpha value is -2.08. The second kappa shape index (κ2) is 10.2. The molecule has 0 atom stereocenters. The summed E-state index contributed by atoms with van der Waals surface area (Å²) in [6.45, 7) is 9.74. The number of aromatic nitrogens is 1. The van der Waals surface area contributed by atoms with Gasteiger partial charge in [0, 0.05) is 49.9 Å². The highest BCUT2D eigenvalue weighted by atomic mass is 32.1. The highest BCUT2D eigenvalue weighted by Crippen LogP contribution is 2.34. The van der Waals surface area contributed by atoms with E-state index in [4.69, 9.17) is 4.74 Å². The van der Waals surface area contributed by atoms with Crippen LogP contribution in [0.15, 0.2) is 35.8 Å². The van der Waals surface area contributed by atoms with Gasteiger partial charge in [0.15, 0.2) is 0 Å². The van der Waals surface area contributed by atoms with E-state index in [0.29, 0.717) is 0 Å². The van der Waals surface area contributed by atoms with Crippen LogP contribution in [0, 0.1) is 11.8 Å². The van der Waals surface area contributed by atoms with Gasteiger partial charge in [0.2, 0.25) is 0 Å². The van der Waals surface area contributed by atoms with Crippen LogP contribution in [0.25, 0.3) is 0 Å². The fraction of sp³-hybridized carbons (Fsp3) is 0.615. The first-order valence-corrected chi connectivity index (χ1v) is 13.0. The van der Waals surface area contributed by atoms with E-state index in [1.807, 2.05) is 37.2 Å². The lowest BCUT2D eigenvalue weighted by atomic mass is 9.79. The third-order valence-electron chi connectivity index (χ3n) is 6.81. The molecule has 5 nitrogen and oxygen atoms in total. The van der Waals surface area contributed by atoms with Crippen LogP contribution in [0.5, 0.6) is 0 Å². The molecule has 1 amide bonds. The van der Waals surface area contributed by atoms with Gasteiger partial charge in [-0.1, -0.05) is 12.1 Å². The summed E-state index contributed by atoms with van der Waals surface area (Å²) in [7, 11) is 0. The number of rotatable bonds is 5. The van der Waals surface area contributed by atoms with Crippen LogP contribution in [0.2, 0.25) is 0 Å². The molecule has 1 aromatic carbocycles. The molecule has 0 unspecified atom stereocenters. The number of nitrogens with zero attached hydrogens (tertiary/aromatic N) is 3. The third-order valence-corrected chi connectivity index (χ3v) is 7.65. The molecule has 2 aliphatic rings.